The van der Waals surface area contributed by atoms with Gasteiger partial charge in [-0.05, 0) is 25.5 Å². The number of methoxy groups -OCH3 is 3. The fraction of sp³-hybridized carbons (Fsp3) is 0.409. The van der Waals surface area contributed by atoms with Crippen molar-refractivity contribution < 1.29 is 19.3 Å². The number of halogens is 1. The number of aliphatic hydroxyl groups is 1. The predicted molar refractivity (Wildman–Crippen MR) is 130 cm³/mol. The topological polar surface area (TPSA) is 84.3 Å². The Balaban J connectivity index is 0.00000450. The summed E-state index contributed by atoms with van der Waals surface area (Å²) in [6, 6.07) is 13.2. The number of nitrogens with one attached hydrogen (secondary N) is 2. The van der Waals surface area contributed by atoms with Crippen molar-refractivity contribution in [2.45, 2.75) is 26.0 Å². The third-order valence-corrected chi connectivity index (χ3v) is 4.53. The molecule has 0 fully saturated rings. The van der Waals surface area contributed by atoms with E-state index in [1.165, 1.54) is 0 Å². The second-order valence-corrected chi connectivity index (χ2v) is 6.71. The highest BCUT2D eigenvalue weighted by atomic mass is 127. The van der Waals surface area contributed by atoms with Crippen LogP contribution in [0.25, 0.3) is 0 Å². The van der Waals surface area contributed by atoms with Gasteiger partial charge >= 0.3 is 0 Å². The number of hydrogen-bond acceptors (Lipinski definition) is 5. The molecule has 30 heavy (non-hydrogen) atoms. The number of hydrogen-bond donors (Lipinski definition) is 3. The van der Waals surface area contributed by atoms with E-state index in [4.69, 9.17) is 14.2 Å². The van der Waals surface area contributed by atoms with E-state index in [2.05, 4.69) is 15.6 Å². The molecule has 0 aliphatic rings. The van der Waals surface area contributed by atoms with Crippen LogP contribution in [0.1, 0.15) is 25.0 Å². The number of guanidine groups is 1. The van der Waals surface area contributed by atoms with Gasteiger partial charge in [-0.1, -0.05) is 30.3 Å². The van der Waals surface area contributed by atoms with E-state index in [0.29, 0.717) is 42.8 Å². The Labute approximate surface area is 195 Å². The minimum Gasteiger partial charge on any atom is -0.496 e. The van der Waals surface area contributed by atoms with Crippen molar-refractivity contribution in [3.8, 4) is 17.2 Å². The maximum atomic E-state index is 10.8. The van der Waals surface area contributed by atoms with E-state index in [-0.39, 0.29) is 24.0 Å². The summed E-state index contributed by atoms with van der Waals surface area (Å²) < 4.78 is 16.2. The fourth-order valence-corrected chi connectivity index (χ4v) is 2.88. The Morgan fingerprint density at radius 1 is 0.967 bits per heavy atom. The molecule has 0 saturated heterocycles. The lowest BCUT2D eigenvalue weighted by molar-refractivity contribution is 0.0617. The summed E-state index contributed by atoms with van der Waals surface area (Å²) >= 11 is 0. The van der Waals surface area contributed by atoms with Gasteiger partial charge in [-0.3, -0.25) is 0 Å². The SMILES string of the molecule is CCNC(=NCc1cc(OC)c(OC)cc1OC)NCC(C)(O)c1ccccc1.I. The average Bonchev–Trinajstić information content (AvgIpc) is 2.75. The van der Waals surface area contributed by atoms with Gasteiger partial charge in [0, 0.05) is 18.2 Å². The Morgan fingerprint density at radius 3 is 2.13 bits per heavy atom. The van der Waals surface area contributed by atoms with Crippen molar-refractivity contribution >= 4 is 29.9 Å². The smallest absolute Gasteiger partial charge is 0.191 e. The quantitative estimate of drug-likeness (QED) is 0.263. The van der Waals surface area contributed by atoms with Crippen LogP contribution in [0.5, 0.6) is 17.2 Å². The summed E-state index contributed by atoms with van der Waals surface area (Å²) in [5.74, 6) is 2.48. The molecular formula is C22H32IN3O4. The van der Waals surface area contributed by atoms with E-state index in [9.17, 15) is 5.11 Å². The molecular weight excluding hydrogens is 497 g/mol. The normalized spacial score (nSPS) is 12.9. The first-order valence-electron chi connectivity index (χ1n) is 9.54. The molecule has 0 aliphatic heterocycles. The van der Waals surface area contributed by atoms with Crippen LogP contribution in [0.2, 0.25) is 0 Å². The lowest BCUT2D eigenvalue weighted by Crippen LogP contribution is -2.44. The van der Waals surface area contributed by atoms with Gasteiger partial charge in [0.15, 0.2) is 17.5 Å². The van der Waals surface area contributed by atoms with E-state index in [0.717, 1.165) is 11.1 Å². The van der Waals surface area contributed by atoms with E-state index in [1.807, 2.05) is 43.3 Å². The molecule has 0 aliphatic carbocycles. The van der Waals surface area contributed by atoms with Crippen LogP contribution in [0.3, 0.4) is 0 Å². The van der Waals surface area contributed by atoms with Crippen LogP contribution in [-0.2, 0) is 12.1 Å². The Kier molecular flexibility index (Phi) is 10.8. The third-order valence-electron chi connectivity index (χ3n) is 4.53. The van der Waals surface area contributed by atoms with Gasteiger partial charge in [0.05, 0.1) is 34.4 Å². The van der Waals surface area contributed by atoms with Crippen LogP contribution in [0.4, 0.5) is 0 Å². The zero-order chi connectivity index (χ0) is 21.3. The molecule has 2 aromatic rings. The minimum absolute atomic E-state index is 0. The van der Waals surface area contributed by atoms with Gasteiger partial charge in [0.1, 0.15) is 11.4 Å². The van der Waals surface area contributed by atoms with Gasteiger partial charge in [0.25, 0.3) is 0 Å². The zero-order valence-electron chi connectivity index (χ0n) is 18.2. The molecule has 0 spiro atoms. The van der Waals surface area contributed by atoms with Gasteiger partial charge in [-0.2, -0.15) is 0 Å². The van der Waals surface area contributed by atoms with E-state index < -0.39 is 5.60 Å². The van der Waals surface area contributed by atoms with Gasteiger partial charge < -0.3 is 30.0 Å². The summed E-state index contributed by atoms with van der Waals surface area (Å²) in [6.45, 7) is 5.14. The molecule has 2 rings (SSSR count). The van der Waals surface area contributed by atoms with Crippen molar-refractivity contribution in [3.05, 3.63) is 53.6 Å². The highest BCUT2D eigenvalue weighted by Crippen LogP contribution is 2.34. The molecule has 7 nitrogen and oxygen atoms in total. The number of ether oxygens (including phenoxy) is 3. The number of aliphatic imine (C=N–C) groups is 1. The lowest BCUT2D eigenvalue weighted by Gasteiger charge is -2.25. The molecule has 2 aromatic carbocycles. The summed E-state index contributed by atoms with van der Waals surface area (Å²) in [7, 11) is 4.78. The third kappa shape index (κ3) is 6.94. The average molecular weight is 529 g/mol. The van der Waals surface area contributed by atoms with E-state index in [1.54, 1.807) is 34.3 Å². The second kappa shape index (κ2) is 12.5. The summed E-state index contributed by atoms with van der Waals surface area (Å²) in [6.07, 6.45) is 0. The van der Waals surface area contributed by atoms with E-state index >= 15 is 0 Å². The fourth-order valence-electron chi connectivity index (χ4n) is 2.88. The molecule has 0 bridgehead atoms. The monoisotopic (exact) mass is 529 g/mol. The molecule has 3 N–H and O–H groups in total. The van der Waals surface area contributed by atoms with Crippen molar-refractivity contribution in [3.63, 3.8) is 0 Å². The molecule has 0 radical (unpaired) electrons. The standard InChI is InChI=1S/C22H31N3O4.HI/c1-6-23-21(25-15-22(2,26)17-10-8-7-9-11-17)24-14-16-12-19(28-4)20(29-5)13-18(16)27-3;/h7-13,26H,6,14-15H2,1-5H3,(H2,23,24,25);1H. The lowest BCUT2D eigenvalue weighted by atomic mass is 9.96. The number of nitrogens with zero attached hydrogens (tertiary/aromatic N) is 1. The first-order chi connectivity index (χ1) is 13.9. The van der Waals surface area contributed by atoms with Crippen molar-refractivity contribution in [1.82, 2.24) is 10.6 Å². The first kappa shape index (κ1) is 25.8. The summed E-state index contributed by atoms with van der Waals surface area (Å²) in [4.78, 5) is 4.63. The van der Waals surface area contributed by atoms with Crippen molar-refractivity contribution in [1.29, 1.82) is 0 Å². The molecule has 166 valence electrons. The second-order valence-electron chi connectivity index (χ2n) is 6.71. The highest BCUT2D eigenvalue weighted by molar-refractivity contribution is 14.0. The predicted octanol–water partition coefficient (Wildman–Crippen LogP) is 3.29. The van der Waals surface area contributed by atoms with Gasteiger partial charge in [0.2, 0.25) is 0 Å². The minimum atomic E-state index is -1.03. The van der Waals surface area contributed by atoms with Crippen LogP contribution in [0, 0.1) is 0 Å². The number of benzene rings is 2. The molecule has 1 atom stereocenters. The molecule has 1 unspecified atom stereocenters. The molecule has 0 saturated carbocycles. The maximum Gasteiger partial charge on any atom is 0.191 e. The van der Waals surface area contributed by atoms with Crippen LogP contribution >= 0.6 is 24.0 Å². The summed E-state index contributed by atoms with van der Waals surface area (Å²) in [5.41, 5.74) is 0.667. The Hall–Kier alpha value is -2.20. The maximum absolute atomic E-state index is 10.8. The van der Waals surface area contributed by atoms with Crippen molar-refractivity contribution in [2.24, 2.45) is 4.99 Å². The van der Waals surface area contributed by atoms with Crippen LogP contribution < -0.4 is 24.8 Å². The highest BCUT2D eigenvalue weighted by Gasteiger charge is 2.23. The molecule has 0 heterocycles. The molecule has 8 heteroatoms. The molecule has 0 amide bonds. The zero-order valence-corrected chi connectivity index (χ0v) is 20.5. The first-order valence-corrected chi connectivity index (χ1v) is 9.54. The Morgan fingerprint density at radius 2 is 1.57 bits per heavy atom. The largest absolute Gasteiger partial charge is 0.496 e. The summed E-state index contributed by atoms with van der Waals surface area (Å²) in [5, 5.41) is 17.2. The van der Waals surface area contributed by atoms with Crippen LogP contribution in [0.15, 0.2) is 47.5 Å². The van der Waals surface area contributed by atoms with Gasteiger partial charge in [-0.15, -0.1) is 24.0 Å². The van der Waals surface area contributed by atoms with Gasteiger partial charge in [-0.25, -0.2) is 4.99 Å². The van der Waals surface area contributed by atoms with Crippen molar-refractivity contribution in [2.75, 3.05) is 34.4 Å². The number of rotatable bonds is 9. The molecule has 0 aromatic heterocycles. The Bertz CT molecular complexity index is 814. The van der Waals surface area contributed by atoms with Crippen LogP contribution in [-0.4, -0.2) is 45.5 Å².